The Morgan fingerprint density at radius 3 is 2.72 bits per heavy atom. The number of nitrogens with one attached hydrogen (secondary N) is 2. The van der Waals surface area contributed by atoms with Crippen molar-refractivity contribution in [3.8, 4) is 0 Å². The number of carbonyl (C=O) groups is 2. The second-order valence-electron chi connectivity index (χ2n) is 6.12. The molecule has 0 fully saturated rings. The first-order chi connectivity index (χ1) is 14.1. The number of anilines is 2. The smallest absolute Gasteiger partial charge is 0.293 e. The summed E-state index contributed by atoms with van der Waals surface area (Å²) in [6.07, 6.45) is 0.577. The summed E-state index contributed by atoms with van der Waals surface area (Å²) in [6.45, 7) is 1.89. The monoisotopic (exact) mass is 426 g/mol. The fourth-order valence-corrected chi connectivity index (χ4v) is 3.70. The van der Waals surface area contributed by atoms with Crippen LogP contribution in [0.15, 0.2) is 52.9 Å². The largest absolute Gasteiger partial charge is 0.449 e. The molecule has 0 unspecified atom stereocenters. The van der Waals surface area contributed by atoms with Crippen molar-refractivity contribution in [2.75, 3.05) is 10.6 Å². The Labute approximate surface area is 174 Å². The van der Waals surface area contributed by atoms with Gasteiger partial charge in [-0.25, -0.2) is 0 Å². The lowest BCUT2D eigenvalue weighted by molar-refractivity contribution is 0.1000. The van der Waals surface area contributed by atoms with Gasteiger partial charge in [0.2, 0.25) is 5.76 Å². The van der Waals surface area contributed by atoms with Crippen LogP contribution in [0.25, 0.3) is 11.0 Å². The van der Waals surface area contributed by atoms with Crippen molar-refractivity contribution < 1.29 is 14.0 Å². The predicted octanol–water partition coefficient (Wildman–Crippen LogP) is 5.00. The number of halogens is 1. The zero-order valence-electron chi connectivity index (χ0n) is 15.2. The van der Waals surface area contributed by atoms with Gasteiger partial charge >= 0.3 is 0 Å². The molecule has 2 heterocycles. The molecule has 0 spiro atoms. The molecule has 0 radical (unpaired) electrons. The summed E-state index contributed by atoms with van der Waals surface area (Å²) in [5.41, 5.74) is 1.89. The summed E-state index contributed by atoms with van der Waals surface area (Å²) in [6, 6.07) is 13.9. The number of fused-ring (bicyclic) bond motifs is 1. The zero-order valence-corrected chi connectivity index (χ0v) is 16.8. The van der Waals surface area contributed by atoms with Gasteiger partial charge in [0, 0.05) is 16.1 Å². The van der Waals surface area contributed by atoms with Crippen LogP contribution in [0, 0.1) is 0 Å². The molecule has 0 aliphatic rings. The van der Waals surface area contributed by atoms with Gasteiger partial charge in [-0.05, 0) is 48.3 Å². The Hall–Kier alpha value is -3.23. The molecular weight excluding hydrogens is 412 g/mol. The number of carbonyl (C=O) groups excluding carboxylic acids is 2. The third kappa shape index (κ3) is 3.85. The number of aryl methyl sites for hydroxylation is 1. The first kappa shape index (κ1) is 19.1. The van der Waals surface area contributed by atoms with Gasteiger partial charge in [-0.15, -0.1) is 5.10 Å². The maximum atomic E-state index is 12.9. The molecule has 0 aliphatic heterocycles. The average Bonchev–Trinajstić information content (AvgIpc) is 3.33. The highest BCUT2D eigenvalue weighted by Gasteiger charge is 2.24. The van der Waals surface area contributed by atoms with Crippen LogP contribution in [-0.4, -0.2) is 21.4 Å². The molecule has 9 heteroatoms. The van der Waals surface area contributed by atoms with E-state index in [-0.39, 0.29) is 11.7 Å². The van der Waals surface area contributed by atoms with E-state index in [9.17, 15) is 9.59 Å². The number of nitrogens with zero attached hydrogens (tertiary/aromatic N) is 2. The highest BCUT2D eigenvalue weighted by Crippen LogP contribution is 2.32. The molecule has 2 amide bonds. The second kappa shape index (κ2) is 8.02. The minimum absolute atomic E-state index is 0.00458. The van der Waals surface area contributed by atoms with E-state index in [1.54, 1.807) is 48.5 Å². The molecule has 4 rings (SSSR count). The van der Waals surface area contributed by atoms with E-state index in [1.807, 2.05) is 6.92 Å². The number of hydrogen-bond donors (Lipinski definition) is 2. The number of benzene rings is 2. The summed E-state index contributed by atoms with van der Waals surface area (Å²) < 4.78 is 9.59. The molecule has 29 heavy (non-hydrogen) atoms. The summed E-state index contributed by atoms with van der Waals surface area (Å²) in [7, 11) is 0. The molecule has 0 bridgehead atoms. The topological polar surface area (TPSA) is 97.1 Å². The molecule has 0 atom stereocenters. The van der Waals surface area contributed by atoms with E-state index >= 15 is 0 Å². The molecule has 0 saturated heterocycles. The third-order valence-electron chi connectivity index (χ3n) is 4.22. The van der Waals surface area contributed by atoms with Crippen molar-refractivity contribution in [1.29, 1.82) is 0 Å². The van der Waals surface area contributed by atoms with E-state index in [0.29, 0.717) is 44.4 Å². The minimum atomic E-state index is -0.503. The Morgan fingerprint density at radius 2 is 1.93 bits per heavy atom. The van der Waals surface area contributed by atoms with Crippen LogP contribution < -0.4 is 10.6 Å². The Morgan fingerprint density at radius 1 is 1.10 bits per heavy atom. The van der Waals surface area contributed by atoms with E-state index in [4.69, 9.17) is 16.0 Å². The van der Waals surface area contributed by atoms with Gasteiger partial charge in [-0.1, -0.05) is 41.2 Å². The maximum absolute atomic E-state index is 12.9. The lowest BCUT2D eigenvalue weighted by Gasteiger charge is -2.07. The van der Waals surface area contributed by atoms with Crippen LogP contribution in [0.4, 0.5) is 11.4 Å². The molecule has 0 aliphatic carbocycles. The summed E-state index contributed by atoms with van der Waals surface area (Å²) in [5.74, 6) is -0.896. The number of rotatable bonds is 5. The maximum Gasteiger partial charge on any atom is 0.293 e. The molecule has 0 saturated carbocycles. The van der Waals surface area contributed by atoms with Crippen LogP contribution in [-0.2, 0) is 6.42 Å². The number of amides is 2. The lowest BCUT2D eigenvalue weighted by atomic mass is 10.2. The fraction of sp³-hybridized carbons (Fsp3) is 0.100. The van der Waals surface area contributed by atoms with Gasteiger partial charge in [0.1, 0.15) is 16.1 Å². The SMILES string of the molecule is CCc1nnsc1C(=O)Nc1c(C(=O)Nc2cccc(Cl)c2)oc2ccccc12. The molecule has 2 aromatic carbocycles. The summed E-state index contributed by atoms with van der Waals surface area (Å²) in [5, 5.41) is 10.6. The van der Waals surface area contributed by atoms with E-state index in [0.717, 1.165) is 11.5 Å². The van der Waals surface area contributed by atoms with E-state index in [1.165, 1.54) is 0 Å². The van der Waals surface area contributed by atoms with Crippen LogP contribution in [0.5, 0.6) is 0 Å². The van der Waals surface area contributed by atoms with Crippen molar-refractivity contribution in [1.82, 2.24) is 9.59 Å². The van der Waals surface area contributed by atoms with Gasteiger partial charge in [0.25, 0.3) is 11.8 Å². The summed E-state index contributed by atoms with van der Waals surface area (Å²) >= 11 is 6.99. The van der Waals surface area contributed by atoms with Crippen molar-refractivity contribution in [3.63, 3.8) is 0 Å². The van der Waals surface area contributed by atoms with Gasteiger partial charge in [0.05, 0.1) is 5.69 Å². The van der Waals surface area contributed by atoms with Crippen molar-refractivity contribution in [3.05, 3.63) is 69.9 Å². The molecule has 146 valence electrons. The Bertz CT molecular complexity index is 1220. The first-order valence-electron chi connectivity index (χ1n) is 8.78. The number of hydrogen-bond acceptors (Lipinski definition) is 6. The Balaban J connectivity index is 1.71. The van der Waals surface area contributed by atoms with Gasteiger partial charge < -0.3 is 15.1 Å². The zero-order chi connectivity index (χ0) is 20.4. The molecule has 2 aromatic heterocycles. The number of aromatic nitrogens is 2. The number of para-hydroxylation sites is 1. The molecule has 4 aromatic rings. The van der Waals surface area contributed by atoms with Crippen LogP contribution in [0.1, 0.15) is 32.8 Å². The van der Waals surface area contributed by atoms with Gasteiger partial charge in [0.15, 0.2) is 0 Å². The van der Waals surface area contributed by atoms with Crippen LogP contribution in [0.2, 0.25) is 5.02 Å². The highest BCUT2D eigenvalue weighted by atomic mass is 35.5. The predicted molar refractivity (Wildman–Crippen MR) is 113 cm³/mol. The standard InChI is InChI=1S/C20H15ClN4O3S/c1-2-14-18(29-25-24-14)20(27)23-16-13-8-3-4-9-15(13)28-17(16)19(26)22-12-7-5-6-11(21)10-12/h3-10H,2H2,1H3,(H,22,26)(H,23,27). The van der Waals surface area contributed by atoms with Gasteiger partial charge in [-0.3, -0.25) is 9.59 Å². The molecular formula is C20H15ClN4O3S. The van der Waals surface area contributed by atoms with E-state index < -0.39 is 5.91 Å². The van der Waals surface area contributed by atoms with Crippen molar-refractivity contribution >= 4 is 57.3 Å². The third-order valence-corrected chi connectivity index (χ3v) is 5.22. The summed E-state index contributed by atoms with van der Waals surface area (Å²) in [4.78, 5) is 26.1. The minimum Gasteiger partial charge on any atom is -0.449 e. The van der Waals surface area contributed by atoms with Crippen molar-refractivity contribution in [2.45, 2.75) is 13.3 Å². The first-order valence-corrected chi connectivity index (χ1v) is 9.93. The molecule has 2 N–H and O–H groups in total. The average molecular weight is 427 g/mol. The lowest BCUT2D eigenvalue weighted by Crippen LogP contribution is -2.17. The second-order valence-corrected chi connectivity index (χ2v) is 7.31. The highest BCUT2D eigenvalue weighted by molar-refractivity contribution is 7.08. The molecule has 7 nitrogen and oxygen atoms in total. The quantitative estimate of drug-likeness (QED) is 0.467. The van der Waals surface area contributed by atoms with Gasteiger partial charge in [-0.2, -0.15) is 0 Å². The van der Waals surface area contributed by atoms with Crippen LogP contribution in [0.3, 0.4) is 0 Å². The fourth-order valence-electron chi connectivity index (χ4n) is 2.87. The Kier molecular flexibility index (Phi) is 5.28. The van der Waals surface area contributed by atoms with Crippen molar-refractivity contribution in [2.24, 2.45) is 0 Å². The van der Waals surface area contributed by atoms with E-state index in [2.05, 4.69) is 20.2 Å². The normalized spacial score (nSPS) is 10.8. The van der Waals surface area contributed by atoms with Crippen LogP contribution >= 0.6 is 23.1 Å². The number of furan rings is 1.